The predicted octanol–water partition coefficient (Wildman–Crippen LogP) is 8.87. The van der Waals surface area contributed by atoms with Gasteiger partial charge >= 0.3 is 6.18 Å². The second kappa shape index (κ2) is 17.7. The number of pyridine rings is 1. The third-order valence-electron chi connectivity index (χ3n) is 8.65. The first-order valence-corrected chi connectivity index (χ1v) is 17.1. The van der Waals surface area contributed by atoms with Gasteiger partial charge in [0.05, 0.1) is 33.1 Å². The van der Waals surface area contributed by atoms with Crippen molar-refractivity contribution in [3.8, 4) is 73.4 Å². The van der Waals surface area contributed by atoms with Gasteiger partial charge in [0.2, 0.25) is 5.88 Å². The maximum absolute atomic E-state index is 14.0. The molecule has 17 heteroatoms. The van der Waals surface area contributed by atoms with Gasteiger partial charge in [-0.2, -0.15) is 13.2 Å². The van der Waals surface area contributed by atoms with Gasteiger partial charge in [0.15, 0.2) is 11.7 Å². The zero-order valence-corrected chi connectivity index (χ0v) is 31.5. The molecule has 0 aliphatic carbocycles. The van der Waals surface area contributed by atoms with E-state index in [-0.39, 0.29) is 51.0 Å². The Bertz CT molecular complexity index is 2500. The van der Waals surface area contributed by atoms with E-state index >= 15 is 0 Å². The standard InChI is InChI=1S/C21H19ClN2O4.C20H15F4N3O3/c1-27-15-7-8-16(19(11-15)28-2)20-17(12-3-5-14(25)6-4-12)9-13(22)10-18(20)21(23)24-26;1-30-19-16(8-12(21)9-26-19)17-14(10-2-4-13(28)5-3-10)6-11(20(22,23)24)7-15(17)18(25)27-29/h3-11,25-26H,1-2H3,(H2,23,24);2-9,28-29H,1H3,(H2,25,27). The lowest BCUT2D eigenvalue weighted by Gasteiger charge is -2.19. The Hall–Kier alpha value is -7.20. The van der Waals surface area contributed by atoms with Crippen LogP contribution in [0.3, 0.4) is 0 Å². The zero-order chi connectivity index (χ0) is 42.3. The normalized spacial score (nSPS) is 11.7. The van der Waals surface area contributed by atoms with Crippen molar-refractivity contribution in [3.05, 3.63) is 131 Å². The Labute approximate surface area is 333 Å². The molecule has 5 aromatic carbocycles. The number of ether oxygens (including phenoxy) is 3. The van der Waals surface area contributed by atoms with Crippen LogP contribution < -0.4 is 25.7 Å². The summed E-state index contributed by atoms with van der Waals surface area (Å²) in [5.74, 6) is -0.339. The average molecular weight is 820 g/mol. The first-order valence-electron chi connectivity index (χ1n) is 16.7. The number of aromatic nitrogens is 1. The molecule has 0 unspecified atom stereocenters. The molecule has 0 aliphatic heterocycles. The van der Waals surface area contributed by atoms with Crippen molar-refractivity contribution in [2.45, 2.75) is 6.18 Å². The van der Waals surface area contributed by atoms with Crippen molar-refractivity contribution < 1.29 is 52.4 Å². The molecule has 1 heterocycles. The summed E-state index contributed by atoms with van der Waals surface area (Å²) in [6, 6.07) is 23.3. The second-order valence-electron chi connectivity index (χ2n) is 12.2. The molecule has 58 heavy (non-hydrogen) atoms. The van der Waals surface area contributed by atoms with E-state index in [1.807, 2.05) is 6.07 Å². The van der Waals surface area contributed by atoms with Crippen LogP contribution in [0, 0.1) is 5.82 Å². The van der Waals surface area contributed by atoms with Gasteiger partial charge in [-0.15, -0.1) is 0 Å². The van der Waals surface area contributed by atoms with Crippen LogP contribution >= 0.6 is 11.6 Å². The first-order chi connectivity index (χ1) is 27.6. The van der Waals surface area contributed by atoms with Crippen molar-refractivity contribution in [2.24, 2.45) is 21.8 Å². The molecule has 12 nitrogen and oxygen atoms in total. The smallest absolute Gasteiger partial charge is 0.416 e. The number of rotatable bonds is 9. The number of alkyl halides is 3. The van der Waals surface area contributed by atoms with E-state index in [2.05, 4.69) is 15.3 Å². The Morgan fingerprint density at radius 2 is 1.19 bits per heavy atom. The summed E-state index contributed by atoms with van der Waals surface area (Å²) in [7, 11) is 4.38. The van der Waals surface area contributed by atoms with Crippen LogP contribution in [0.1, 0.15) is 16.7 Å². The summed E-state index contributed by atoms with van der Waals surface area (Å²) in [5, 5.41) is 44.0. The molecule has 0 atom stereocenters. The van der Waals surface area contributed by atoms with E-state index in [0.717, 1.165) is 29.5 Å². The van der Waals surface area contributed by atoms with Crippen LogP contribution in [0.15, 0.2) is 114 Å². The van der Waals surface area contributed by atoms with E-state index in [9.17, 15) is 33.0 Å². The molecule has 8 N–H and O–H groups in total. The number of oxime groups is 2. The molecule has 0 spiro atoms. The van der Waals surface area contributed by atoms with Crippen LogP contribution in [0.4, 0.5) is 17.6 Å². The first kappa shape index (κ1) is 42.0. The van der Waals surface area contributed by atoms with Crippen LogP contribution in [0.5, 0.6) is 28.9 Å². The SMILES string of the molecule is COc1ccc(-c2c(C(N)=NO)cc(Cl)cc2-c2ccc(O)cc2)c(OC)c1.COc1ncc(F)cc1-c1c(C(N)=NO)cc(C(F)(F)F)cc1-c1ccc(O)cc1. The molecule has 0 bridgehead atoms. The van der Waals surface area contributed by atoms with E-state index in [0.29, 0.717) is 39.3 Å². The third-order valence-corrected chi connectivity index (χ3v) is 8.87. The van der Waals surface area contributed by atoms with E-state index < -0.39 is 23.4 Å². The Morgan fingerprint density at radius 3 is 1.69 bits per heavy atom. The molecule has 1 aromatic heterocycles. The Kier molecular flexibility index (Phi) is 12.8. The fraction of sp³-hybridized carbons (Fsp3) is 0.0976. The number of aromatic hydroxyl groups is 2. The quantitative estimate of drug-likeness (QED) is 0.0269. The minimum atomic E-state index is -4.75. The second-order valence-corrected chi connectivity index (χ2v) is 12.6. The van der Waals surface area contributed by atoms with E-state index in [1.54, 1.807) is 62.8 Å². The highest BCUT2D eigenvalue weighted by molar-refractivity contribution is 6.32. The molecule has 0 saturated carbocycles. The maximum Gasteiger partial charge on any atom is 0.416 e. The van der Waals surface area contributed by atoms with Gasteiger partial charge in [-0.25, -0.2) is 9.37 Å². The number of halogens is 5. The zero-order valence-electron chi connectivity index (χ0n) is 30.7. The molecule has 0 fully saturated rings. The van der Waals surface area contributed by atoms with Gasteiger partial charge in [-0.3, -0.25) is 0 Å². The number of nitrogens with zero attached hydrogens (tertiary/aromatic N) is 3. The summed E-state index contributed by atoms with van der Waals surface area (Å²) in [6.07, 6.45) is -3.87. The van der Waals surface area contributed by atoms with E-state index in [1.165, 1.54) is 31.4 Å². The fourth-order valence-corrected chi connectivity index (χ4v) is 6.23. The molecule has 0 saturated heterocycles. The molecular formula is C41H34ClF4N5O7. The highest BCUT2D eigenvalue weighted by Gasteiger charge is 2.34. The Morgan fingerprint density at radius 1 is 0.655 bits per heavy atom. The predicted molar refractivity (Wildman–Crippen MR) is 210 cm³/mol. The highest BCUT2D eigenvalue weighted by Crippen LogP contribution is 2.45. The van der Waals surface area contributed by atoms with Crippen LogP contribution in [0.2, 0.25) is 5.02 Å². The minimum absolute atomic E-state index is 0.00380. The van der Waals surface area contributed by atoms with Gasteiger partial charge in [0.25, 0.3) is 0 Å². The van der Waals surface area contributed by atoms with Crippen molar-refractivity contribution >= 4 is 23.3 Å². The number of hydrogen-bond acceptors (Lipinski definition) is 10. The lowest BCUT2D eigenvalue weighted by atomic mass is 9.88. The molecule has 0 aliphatic rings. The number of amidine groups is 2. The summed E-state index contributed by atoms with van der Waals surface area (Å²) in [4.78, 5) is 3.82. The number of nitrogens with two attached hydrogens (primary N) is 2. The van der Waals surface area contributed by atoms with Gasteiger partial charge in [0.1, 0.15) is 28.8 Å². The molecule has 0 radical (unpaired) electrons. The monoisotopic (exact) mass is 819 g/mol. The summed E-state index contributed by atoms with van der Waals surface area (Å²) in [5.41, 5.74) is 13.9. The number of methoxy groups -OCH3 is 3. The molecule has 0 amide bonds. The van der Waals surface area contributed by atoms with Crippen molar-refractivity contribution in [2.75, 3.05) is 21.3 Å². The summed E-state index contributed by atoms with van der Waals surface area (Å²) in [6.45, 7) is 0. The fourth-order valence-electron chi connectivity index (χ4n) is 6.02. The average Bonchev–Trinajstić information content (AvgIpc) is 3.22. The summed E-state index contributed by atoms with van der Waals surface area (Å²) >= 11 is 6.32. The number of phenolic OH excluding ortho intramolecular Hbond substituents is 2. The minimum Gasteiger partial charge on any atom is -0.508 e. The summed E-state index contributed by atoms with van der Waals surface area (Å²) < 4.78 is 70.7. The number of benzene rings is 5. The number of phenols is 2. The van der Waals surface area contributed by atoms with Crippen molar-refractivity contribution in [1.82, 2.24) is 4.98 Å². The lowest BCUT2D eigenvalue weighted by molar-refractivity contribution is -0.137. The lowest BCUT2D eigenvalue weighted by Crippen LogP contribution is -2.17. The molecule has 6 aromatic rings. The van der Waals surface area contributed by atoms with Gasteiger partial charge < -0.3 is 46.3 Å². The van der Waals surface area contributed by atoms with Crippen LogP contribution in [0.25, 0.3) is 44.5 Å². The molecular weight excluding hydrogens is 786 g/mol. The van der Waals surface area contributed by atoms with Gasteiger partial charge in [-0.1, -0.05) is 46.2 Å². The molecule has 300 valence electrons. The largest absolute Gasteiger partial charge is 0.508 e. The van der Waals surface area contributed by atoms with Crippen molar-refractivity contribution in [1.29, 1.82) is 0 Å². The van der Waals surface area contributed by atoms with E-state index in [4.69, 9.17) is 42.5 Å². The molecule has 6 rings (SSSR count). The van der Waals surface area contributed by atoms with Gasteiger partial charge in [-0.05, 0) is 89.0 Å². The topological polar surface area (TPSA) is 198 Å². The van der Waals surface area contributed by atoms with Gasteiger partial charge in [0, 0.05) is 44.5 Å². The number of hydrogen-bond donors (Lipinski definition) is 6. The third kappa shape index (κ3) is 9.08. The van der Waals surface area contributed by atoms with Crippen molar-refractivity contribution in [3.63, 3.8) is 0 Å². The highest BCUT2D eigenvalue weighted by atomic mass is 35.5. The Balaban J connectivity index is 0.000000221. The maximum atomic E-state index is 14.0. The van der Waals surface area contributed by atoms with Crippen LogP contribution in [-0.2, 0) is 6.18 Å². The van der Waals surface area contributed by atoms with Crippen LogP contribution in [-0.4, -0.2) is 58.6 Å².